The van der Waals surface area contributed by atoms with Crippen molar-refractivity contribution in [3.8, 4) is 0 Å². The molecule has 0 aliphatic carbocycles. The van der Waals surface area contributed by atoms with Crippen LogP contribution >= 0.6 is 11.8 Å². The van der Waals surface area contributed by atoms with Gasteiger partial charge in [-0.25, -0.2) is 4.79 Å². The molecule has 6 unspecified atom stereocenters. The number of fused-ring (bicyclic) bond motifs is 3. The van der Waals surface area contributed by atoms with E-state index in [1.165, 1.54) is 11.8 Å². The van der Waals surface area contributed by atoms with Crippen LogP contribution in [0.15, 0.2) is 30.3 Å². The van der Waals surface area contributed by atoms with Crippen molar-refractivity contribution in [3.63, 3.8) is 0 Å². The van der Waals surface area contributed by atoms with Crippen LogP contribution in [-0.4, -0.2) is 40.8 Å². The molecule has 140 valence electrons. The highest BCUT2D eigenvalue weighted by Gasteiger charge is 2.58. The molecule has 3 heterocycles. The summed E-state index contributed by atoms with van der Waals surface area (Å²) in [7, 11) is 0. The summed E-state index contributed by atoms with van der Waals surface area (Å²) in [6, 6.07) is 6.73. The zero-order valence-corrected chi connectivity index (χ0v) is 14.4. The second-order valence-corrected chi connectivity index (χ2v) is 8.28. The van der Waals surface area contributed by atoms with Gasteiger partial charge in [-0.05, 0) is 24.3 Å². The minimum atomic E-state index is -4.35. The lowest BCUT2D eigenvalue weighted by atomic mass is 9.74. The summed E-state index contributed by atoms with van der Waals surface area (Å²) in [6.45, 7) is 0. The van der Waals surface area contributed by atoms with Gasteiger partial charge in [-0.2, -0.15) is 13.2 Å². The van der Waals surface area contributed by atoms with E-state index in [0.717, 1.165) is 5.56 Å². The molecule has 0 radical (unpaired) electrons. The molecular formula is C17H18F3N3O2S. The van der Waals surface area contributed by atoms with Crippen LogP contribution in [0, 0.1) is 11.8 Å². The maximum Gasteiger partial charge on any atom is 0.403 e. The van der Waals surface area contributed by atoms with E-state index in [1.54, 1.807) is 0 Å². The molecule has 0 bridgehead atoms. The number of imide groups is 1. The molecule has 26 heavy (non-hydrogen) atoms. The Kier molecular flexibility index (Phi) is 4.38. The van der Waals surface area contributed by atoms with Gasteiger partial charge in [0.2, 0.25) is 5.91 Å². The lowest BCUT2D eigenvalue weighted by molar-refractivity contribution is -0.168. The average Bonchev–Trinajstić information content (AvgIpc) is 2.94. The number of benzene rings is 1. The van der Waals surface area contributed by atoms with Gasteiger partial charge in [0.05, 0.1) is 11.4 Å². The summed E-state index contributed by atoms with van der Waals surface area (Å²) in [5.41, 5.74) is 0.958. The molecule has 9 heteroatoms. The van der Waals surface area contributed by atoms with Crippen molar-refractivity contribution in [2.75, 3.05) is 0 Å². The Morgan fingerprint density at radius 1 is 1.15 bits per heavy atom. The van der Waals surface area contributed by atoms with E-state index in [1.807, 2.05) is 30.3 Å². The van der Waals surface area contributed by atoms with Crippen LogP contribution in [0.4, 0.5) is 18.0 Å². The first-order chi connectivity index (χ1) is 12.3. The average molecular weight is 385 g/mol. The number of thioether (sulfide) groups is 1. The van der Waals surface area contributed by atoms with Crippen LogP contribution in [0.3, 0.4) is 0 Å². The van der Waals surface area contributed by atoms with E-state index in [-0.39, 0.29) is 18.3 Å². The zero-order valence-electron chi connectivity index (χ0n) is 13.6. The van der Waals surface area contributed by atoms with Gasteiger partial charge in [-0.15, -0.1) is 11.8 Å². The van der Waals surface area contributed by atoms with Gasteiger partial charge < -0.3 is 5.32 Å². The van der Waals surface area contributed by atoms with Gasteiger partial charge >= 0.3 is 12.2 Å². The summed E-state index contributed by atoms with van der Waals surface area (Å²) in [6.07, 6.45) is -3.93. The molecule has 1 aromatic rings. The first kappa shape index (κ1) is 17.7. The van der Waals surface area contributed by atoms with Crippen molar-refractivity contribution >= 4 is 23.7 Å². The number of carbonyl (C=O) groups excluding carboxylic acids is 2. The quantitative estimate of drug-likeness (QED) is 0.729. The third kappa shape index (κ3) is 3.18. The SMILES string of the molecule is O=C1NC(=O)C2SC3NC(C(F)(F)F)CC(Cc4ccccc4)C3C2N1. The number of rotatable bonds is 2. The molecule has 5 nitrogen and oxygen atoms in total. The van der Waals surface area contributed by atoms with Crippen LogP contribution in [0.2, 0.25) is 0 Å². The fourth-order valence-electron chi connectivity index (χ4n) is 4.27. The largest absolute Gasteiger partial charge is 0.403 e. The third-order valence-electron chi connectivity index (χ3n) is 5.36. The fourth-order valence-corrected chi connectivity index (χ4v) is 6.01. The van der Waals surface area contributed by atoms with Crippen LogP contribution in [0.25, 0.3) is 0 Å². The molecule has 4 rings (SSSR count). The molecule has 3 aliphatic rings. The second kappa shape index (κ2) is 6.45. The van der Waals surface area contributed by atoms with Gasteiger partial charge in [-0.1, -0.05) is 30.3 Å². The number of amides is 3. The van der Waals surface area contributed by atoms with Gasteiger partial charge in [0.1, 0.15) is 11.3 Å². The summed E-state index contributed by atoms with van der Waals surface area (Å²) >= 11 is 1.18. The van der Waals surface area contributed by atoms with E-state index >= 15 is 0 Å². The van der Waals surface area contributed by atoms with Crippen molar-refractivity contribution < 1.29 is 22.8 Å². The normalized spacial score (nSPS) is 36.7. The predicted molar refractivity (Wildman–Crippen MR) is 90.4 cm³/mol. The van der Waals surface area contributed by atoms with Gasteiger partial charge in [0.15, 0.2) is 0 Å². The number of hydrogen-bond acceptors (Lipinski definition) is 4. The standard InChI is InChI=1S/C17H18F3N3O2S/c18-17(19,20)10-7-9(6-8-4-2-1-3-5-8)11-12-13(26-15(11)21-10)14(24)23-16(25)22-12/h1-5,9-13,15,21H,6-7H2,(H2,22,23,24,25). The first-order valence-corrected chi connectivity index (χ1v) is 9.41. The van der Waals surface area contributed by atoms with Gasteiger partial charge in [-0.3, -0.25) is 15.4 Å². The van der Waals surface area contributed by atoms with Crippen LogP contribution < -0.4 is 16.0 Å². The minimum absolute atomic E-state index is 0.0686. The molecule has 3 aliphatic heterocycles. The van der Waals surface area contributed by atoms with Gasteiger partial charge in [0, 0.05) is 5.92 Å². The van der Waals surface area contributed by atoms with Crippen LogP contribution in [0.5, 0.6) is 0 Å². The summed E-state index contributed by atoms with van der Waals surface area (Å²) in [4.78, 5) is 23.9. The van der Waals surface area contributed by atoms with Crippen LogP contribution in [-0.2, 0) is 11.2 Å². The van der Waals surface area contributed by atoms with E-state index < -0.39 is 40.8 Å². The number of halogens is 3. The number of piperidine rings is 1. The van der Waals surface area contributed by atoms with E-state index in [9.17, 15) is 22.8 Å². The lowest BCUT2D eigenvalue weighted by Gasteiger charge is -2.42. The minimum Gasteiger partial charge on any atom is -0.333 e. The third-order valence-corrected chi connectivity index (χ3v) is 6.90. The molecule has 1 aromatic carbocycles. The molecule has 3 fully saturated rings. The second-order valence-electron chi connectivity index (χ2n) is 6.99. The Morgan fingerprint density at radius 2 is 1.88 bits per heavy atom. The van der Waals surface area contributed by atoms with Crippen molar-refractivity contribution in [1.82, 2.24) is 16.0 Å². The maximum atomic E-state index is 13.4. The predicted octanol–water partition coefficient (Wildman–Crippen LogP) is 2.04. The number of carbonyl (C=O) groups is 2. The fraction of sp³-hybridized carbons (Fsp3) is 0.529. The van der Waals surface area contributed by atoms with Gasteiger partial charge in [0.25, 0.3) is 0 Å². The molecule has 0 saturated carbocycles. The molecule has 3 amide bonds. The number of urea groups is 1. The molecule has 3 saturated heterocycles. The highest BCUT2D eigenvalue weighted by Crippen LogP contribution is 2.48. The topological polar surface area (TPSA) is 70.2 Å². The highest BCUT2D eigenvalue weighted by atomic mass is 32.2. The Morgan fingerprint density at radius 3 is 2.58 bits per heavy atom. The van der Waals surface area contributed by atoms with E-state index in [4.69, 9.17) is 0 Å². The molecular weight excluding hydrogens is 367 g/mol. The van der Waals surface area contributed by atoms with Crippen molar-refractivity contribution in [2.45, 2.75) is 41.7 Å². The van der Waals surface area contributed by atoms with Crippen molar-refractivity contribution in [3.05, 3.63) is 35.9 Å². The monoisotopic (exact) mass is 385 g/mol. The number of nitrogens with one attached hydrogen (secondary N) is 3. The summed E-state index contributed by atoms with van der Waals surface area (Å²) in [5, 5.41) is 6.55. The molecule has 6 atom stereocenters. The maximum absolute atomic E-state index is 13.4. The smallest absolute Gasteiger partial charge is 0.333 e. The highest BCUT2D eigenvalue weighted by molar-refractivity contribution is 8.01. The number of alkyl halides is 3. The summed E-state index contributed by atoms with van der Waals surface area (Å²) in [5.74, 6) is -0.954. The number of hydrogen-bond donors (Lipinski definition) is 3. The Balaban J connectivity index is 1.64. The van der Waals surface area contributed by atoms with E-state index in [0.29, 0.717) is 6.42 Å². The first-order valence-electron chi connectivity index (χ1n) is 8.46. The molecule has 0 aromatic heterocycles. The Bertz CT molecular complexity index is 715. The Labute approximate surface area is 152 Å². The molecule has 3 N–H and O–H groups in total. The lowest BCUT2D eigenvalue weighted by Crippen LogP contribution is -2.63. The zero-order chi connectivity index (χ0) is 18.5. The van der Waals surface area contributed by atoms with E-state index in [2.05, 4.69) is 16.0 Å². The van der Waals surface area contributed by atoms with Crippen molar-refractivity contribution in [2.24, 2.45) is 11.8 Å². The Hall–Kier alpha value is -1.74. The summed E-state index contributed by atoms with van der Waals surface area (Å²) < 4.78 is 40.2. The van der Waals surface area contributed by atoms with Crippen LogP contribution in [0.1, 0.15) is 12.0 Å². The van der Waals surface area contributed by atoms with Crippen molar-refractivity contribution in [1.29, 1.82) is 0 Å². The molecule has 0 spiro atoms.